The van der Waals surface area contributed by atoms with E-state index in [4.69, 9.17) is 14.2 Å². The maximum absolute atomic E-state index is 6.10. The van der Waals surface area contributed by atoms with Crippen LogP contribution in [0.15, 0.2) is 22.9 Å². The first kappa shape index (κ1) is 17.9. The van der Waals surface area contributed by atoms with Crippen molar-refractivity contribution in [2.24, 2.45) is 16.7 Å². The fourth-order valence-electron chi connectivity index (χ4n) is 2.84. The van der Waals surface area contributed by atoms with Crippen LogP contribution < -0.4 is 0 Å². The summed E-state index contributed by atoms with van der Waals surface area (Å²) in [7, 11) is 3.42. The highest BCUT2D eigenvalue weighted by molar-refractivity contribution is 5.37. The van der Waals surface area contributed by atoms with Gasteiger partial charge in [-0.2, -0.15) is 0 Å². The van der Waals surface area contributed by atoms with Gasteiger partial charge in [0.05, 0.1) is 20.8 Å². The summed E-state index contributed by atoms with van der Waals surface area (Å²) in [5.41, 5.74) is 1.44. The molecule has 1 atom stereocenters. The Kier molecular flexibility index (Phi) is 5.40. The third kappa shape index (κ3) is 4.42. The molecule has 122 valence electrons. The van der Waals surface area contributed by atoms with Gasteiger partial charge in [-0.3, -0.25) is 0 Å². The van der Waals surface area contributed by atoms with Crippen LogP contribution in [0.1, 0.15) is 54.9 Å². The van der Waals surface area contributed by atoms with Crippen molar-refractivity contribution < 1.29 is 14.2 Å². The lowest BCUT2D eigenvalue weighted by Crippen LogP contribution is -2.27. The molecule has 3 nitrogen and oxygen atoms in total. The maximum Gasteiger partial charge on any atom is 0.199 e. The van der Waals surface area contributed by atoms with E-state index in [0.717, 1.165) is 23.7 Å². The third-order valence-corrected chi connectivity index (χ3v) is 3.60. The van der Waals surface area contributed by atoms with Crippen LogP contribution >= 0.6 is 0 Å². The molecule has 1 aliphatic rings. The van der Waals surface area contributed by atoms with Crippen LogP contribution in [0.2, 0.25) is 0 Å². The van der Waals surface area contributed by atoms with Crippen LogP contribution in [0, 0.1) is 16.7 Å². The SMILES string of the molecule is COC1=C(OCC(C)(C)C)C(OC)=C(C(C)(C)C)C(C)C1. The van der Waals surface area contributed by atoms with Gasteiger partial charge in [-0.1, -0.05) is 48.5 Å². The second-order valence-corrected chi connectivity index (χ2v) is 8.11. The number of rotatable bonds is 4. The molecule has 0 aromatic heterocycles. The zero-order chi connectivity index (χ0) is 16.4. The molecule has 0 heterocycles. The summed E-state index contributed by atoms with van der Waals surface area (Å²) in [6.45, 7) is 16.0. The monoisotopic (exact) mass is 296 g/mol. The lowest BCUT2D eigenvalue weighted by Gasteiger charge is -2.36. The third-order valence-electron chi connectivity index (χ3n) is 3.60. The molecule has 0 saturated carbocycles. The average Bonchev–Trinajstić information content (AvgIpc) is 2.32. The first-order valence-corrected chi connectivity index (χ1v) is 7.70. The summed E-state index contributed by atoms with van der Waals surface area (Å²) in [4.78, 5) is 0. The average molecular weight is 296 g/mol. The Morgan fingerprint density at radius 2 is 1.52 bits per heavy atom. The molecule has 0 aliphatic heterocycles. The molecule has 0 bridgehead atoms. The number of hydrogen-bond donors (Lipinski definition) is 0. The lowest BCUT2D eigenvalue weighted by molar-refractivity contribution is 0.0862. The van der Waals surface area contributed by atoms with E-state index in [1.165, 1.54) is 5.57 Å². The van der Waals surface area contributed by atoms with E-state index in [1.807, 2.05) is 0 Å². The molecule has 1 unspecified atom stereocenters. The number of allylic oxidation sites excluding steroid dienone is 2. The van der Waals surface area contributed by atoms with Gasteiger partial charge in [0.15, 0.2) is 11.5 Å². The number of ether oxygens (including phenoxy) is 3. The van der Waals surface area contributed by atoms with Gasteiger partial charge in [-0.05, 0) is 22.3 Å². The fraction of sp³-hybridized carbons (Fsp3) is 0.778. The van der Waals surface area contributed by atoms with Crippen molar-refractivity contribution in [1.82, 2.24) is 0 Å². The van der Waals surface area contributed by atoms with Crippen molar-refractivity contribution in [3.05, 3.63) is 22.9 Å². The summed E-state index contributed by atoms with van der Waals surface area (Å²) in [5.74, 6) is 2.90. The Balaban J connectivity index is 3.29. The molecule has 0 N–H and O–H groups in total. The van der Waals surface area contributed by atoms with E-state index in [9.17, 15) is 0 Å². The first-order valence-electron chi connectivity index (χ1n) is 7.70. The highest BCUT2D eigenvalue weighted by Crippen LogP contribution is 2.44. The molecule has 1 aliphatic carbocycles. The molecular formula is C18H32O3. The molecule has 0 fully saturated rings. The van der Waals surface area contributed by atoms with E-state index >= 15 is 0 Å². The Morgan fingerprint density at radius 1 is 0.952 bits per heavy atom. The largest absolute Gasteiger partial charge is 0.497 e. The quantitative estimate of drug-likeness (QED) is 0.739. The Hall–Kier alpha value is -1.12. The van der Waals surface area contributed by atoms with Crippen LogP contribution in [0.4, 0.5) is 0 Å². The summed E-state index contributed by atoms with van der Waals surface area (Å²) in [5, 5.41) is 0. The molecule has 0 radical (unpaired) electrons. The second kappa shape index (κ2) is 6.33. The molecule has 21 heavy (non-hydrogen) atoms. The normalized spacial score (nSPS) is 20.7. The van der Waals surface area contributed by atoms with Gasteiger partial charge < -0.3 is 14.2 Å². The molecule has 0 saturated heterocycles. The molecule has 0 amide bonds. The van der Waals surface area contributed by atoms with Gasteiger partial charge >= 0.3 is 0 Å². The van der Waals surface area contributed by atoms with Crippen molar-refractivity contribution in [1.29, 1.82) is 0 Å². The van der Waals surface area contributed by atoms with Crippen molar-refractivity contribution >= 4 is 0 Å². The highest BCUT2D eigenvalue weighted by Gasteiger charge is 2.36. The molecule has 0 aromatic rings. The van der Waals surface area contributed by atoms with Crippen molar-refractivity contribution in [2.75, 3.05) is 20.8 Å². The highest BCUT2D eigenvalue weighted by atomic mass is 16.5. The number of methoxy groups -OCH3 is 2. The molecule has 3 heteroatoms. The van der Waals surface area contributed by atoms with E-state index in [1.54, 1.807) is 14.2 Å². The van der Waals surface area contributed by atoms with Gasteiger partial charge in [0, 0.05) is 6.42 Å². The predicted molar refractivity (Wildman–Crippen MR) is 86.7 cm³/mol. The van der Waals surface area contributed by atoms with E-state index in [2.05, 4.69) is 48.5 Å². The smallest absolute Gasteiger partial charge is 0.199 e. The van der Waals surface area contributed by atoms with E-state index in [0.29, 0.717) is 12.5 Å². The van der Waals surface area contributed by atoms with Crippen LogP contribution in [0.3, 0.4) is 0 Å². The Bertz CT molecular complexity index is 430. The Morgan fingerprint density at radius 3 is 1.90 bits per heavy atom. The molecule has 0 aromatic carbocycles. The van der Waals surface area contributed by atoms with Gasteiger partial charge in [0.25, 0.3) is 0 Å². The summed E-state index contributed by atoms with van der Waals surface area (Å²) < 4.78 is 17.4. The van der Waals surface area contributed by atoms with E-state index in [-0.39, 0.29) is 10.8 Å². The minimum atomic E-state index is 0.0420. The minimum absolute atomic E-state index is 0.0420. The summed E-state index contributed by atoms with van der Waals surface area (Å²) >= 11 is 0. The second-order valence-electron chi connectivity index (χ2n) is 8.11. The van der Waals surface area contributed by atoms with Crippen molar-refractivity contribution in [3.63, 3.8) is 0 Å². The zero-order valence-corrected chi connectivity index (χ0v) is 15.2. The van der Waals surface area contributed by atoms with Crippen LogP contribution in [0.5, 0.6) is 0 Å². The van der Waals surface area contributed by atoms with Crippen molar-refractivity contribution in [2.45, 2.75) is 54.9 Å². The molecule has 1 rings (SSSR count). The fourth-order valence-corrected chi connectivity index (χ4v) is 2.84. The minimum Gasteiger partial charge on any atom is -0.497 e. The zero-order valence-electron chi connectivity index (χ0n) is 15.2. The maximum atomic E-state index is 6.10. The molecular weight excluding hydrogens is 264 g/mol. The van der Waals surface area contributed by atoms with Crippen molar-refractivity contribution in [3.8, 4) is 0 Å². The topological polar surface area (TPSA) is 27.7 Å². The summed E-state index contributed by atoms with van der Waals surface area (Å²) in [6.07, 6.45) is 0.857. The van der Waals surface area contributed by atoms with Gasteiger partial charge in [0.2, 0.25) is 0 Å². The van der Waals surface area contributed by atoms with Gasteiger partial charge in [-0.15, -0.1) is 0 Å². The predicted octanol–water partition coefficient (Wildman–Crippen LogP) is 4.89. The van der Waals surface area contributed by atoms with Gasteiger partial charge in [-0.25, -0.2) is 0 Å². The summed E-state index contributed by atoms with van der Waals surface area (Å²) in [6, 6.07) is 0. The molecule has 0 spiro atoms. The Labute approximate surface area is 130 Å². The van der Waals surface area contributed by atoms with Crippen LogP contribution in [-0.2, 0) is 14.2 Å². The van der Waals surface area contributed by atoms with E-state index < -0.39 is 0 Å². The lowest BCUT2D eigenvalue weighted by atomic mass is 9.74. The first-order chi connectivity index (χ1) is 9.51. The van der Waals surface area contributed by atoms with Crippen LogP contribution in [-0.4, -0.2) is 20.8 Å². The van der Waals surface area contributed by atoms with Gasteiger partial charge in [0.1, 0.15) is 5.76 Å². The standard InChI is InChI=1S/C18H32O3/c1-12-10-13(19-8)15(21-11-17(2,3)4)16(20-9)14(12)18(5,6)7/h12H,10-11H2,1-9H3. The van der Waals surface area contributed by atoms with Crippen LogP contribution in [0.25, 0.3) is 0 Å². The number of hydrogen-bond acceptors (Lipinski definition) is 3.